The van der Waals surface area contributed by atoms with E-state index in [1.54, 1.807) is 0 Å². The number of hydrogen-bond acceptors (Lipinski definition) is 6. The van der Waals surface area contributed by atoms with Crippen LogP contribution in [0.1, 0.15) is 0 Å². The van der Waals surface area contributed by atoms with Crippen LogP contribution in [0.4, 0.5) is 14.5 Å². The number of benzene rings is 1. The number of nitro groups is 1. The van der Waals surface area contributed by atoms with Crippen molar-refractivity contribution in [2.24, 2.45) is 0 Å². The fourth-order valence-corrected chi connectivity index (χ4v) is 3.26. The van der Waals surface area contributed by atoms with Crippen molar-refractivity contribution in [2.75, 3.05) is 6.26 Å². The smallest absolute Gasteiger partial charge is 0.324 e. The topological polar surface area (TPSA) is 86.5 Å². The molecule has 0 N–H and O–H groups in total. The van der Waals surface area contributed by atoms with Gasteiger partial charge in [-0.05, 0) is 12.1 Å². The lowest BCUT2D eigenvalue weighted by Crippen LogP contribution is -1.92. The van der Waals surface area contributed by atoms with Crippen molar-refractivity contribution in [3.8, 4) is 10.8 Å². The van der Waals surface area contributed by atoms with Crippen LogP contribution in [0.3, 0.4) is 0 Å². The number of halogens is 2. The molecule has 0 atom stereocenters. The molecule has 0 saturated carbocycles. The summed E-state index contributed by atoms with van der Waals surface area (Å²) < 4.78 is 53.5. The Labute approximate surface area is 121 Å². The Balaban J connectivity index is 2.45. The van der Waals surface area contributed by atoms with Gasteiger partial charge in [0.15, 0.2) is 21.5 Å². The summed E-state index contributed by atoms with van der Waals surface area (Å²) >= 11 is 0.532. The van der Waals surface area contributed by atoms with Crippen molar-refractivity contribution in [2.45, 2.75) is 4.21 Å². The van der Waals surface area contributed by atoms with Crippen LogP contribution in [0.5, 0.6) is 10.8 Å². The lowest BCUT2D eigenvalue weighted by molar-refractivity contribution is -0.385. The van der Waals surface area contributed by atoms with Crippen molar-refractivity contribution < 1.29 is 26.9 Å². The largest absolute Gasteiger partial charge is 0.440 e. The highest BCUT2D eigenvalue weighted by Crippen LogP contribution is 2.41. The number of thiophene rings is 1. The zero-order valence-electron chi connectivity index (χ0n) is 10.4. The number of nitrogens with zero attached hydrogens (tertiary/aromatic N) is 1. The van der Waals surface area contributed by atoms with E-state index in [-0.39, 0.29) is 15.0 Å². The average molecular weight is 335 g/mol. The molecule has 0 amide bonds. The molecule has 6 nitrogen and oxygen atoms in total. The first-order valence-corrected chi connectivity index (χ1v) is 8.00. The van der Waals surface area contributed by atoms with Crippen LogP contribution in [0.2, 0.25) is 0 Å². The molecule has 0 spiro atoms. The van der Waals surface area contributed by atoms with Crippen LogP contribution >= 0.6 is 11.3 Å². The zero-order valence-corrected chi connectivity index (χ0v) is 12.0. The molecule has 0 bridgehead atoms. The fourth-order valence-electron chi connectivity index (χ4n) is 1.37. The summed E-state index contributed by atoms with van der Waals surface area (Å²) in [5, 5.41) is 10.5. The highest BCUT2D eigenvalue weighted by Gasteiger charge is 2.25. The van der Waals surface area contributed by atoms with E-state index in [2.05, 4.69) is 0 Å². The molecular weight excluding hydrogens is 328 g/mol. The third kappa shape index (κ3) is 3.34. The van der Waals surface area contributed by atoms with Crippen LogP contribution in [0.25, 0.3) is 0 Å². The van der Waals surface area contributed by atoms with E-state index in [9.17, 15) is 27.3 Å². The molecule has 1 aromatic heterocycles. The first kappa shape index (κ1) is 15.3. The van der Waals surface area contributed by atoms with Crippen molar-refractivity contribution in [1.29, 1.82) is 0 Å². The Kier molecular flexibility index (Phi) is 3.92. The van der Waals surface area contributed by atoms with Crippen LogP contribution in [-0.2, 0) is 9.84 Å². The third-order valence-corrected chi connectivity index (χ3v) is 5.12. The highest BCUT2D eigenvalue weighted by molar-refractivity contribution is 7.92. The third-order valence-electron chi connectivity index (χ3n) is 2.32. The monoisotopic (exact) mass is 335 g/mol. The molecule has 21 heavy (non-hydrogen) atoms. The Morgan fingerprint density at radius 2 is 1.90 bits per heavy atom. The van der Waals surface area contributed by atoms with Crippen LogP contribution < -0.4 is 4.74 Å². The molecular formula is C11H7F2NO5S2. The van der Waals surface area contributed by atoms with Crippen molar-refractivity contribution in [3.63, 3.8) is 0 Å². The van der Waals surface area contributed by atoms with Gasteiger partial charge in [0.25, 0.3) is 5.06 Å². The summed E-state index contributed by atoms with van der Waals surface area (Å²) in [5.41, 5.74) is -0.565. The molecule has 0 radical (unpaired) electrons. The predicted octanol–water partition coefficient (Wildman–Crippen LogP) is 3.13. The van der Waals surface area contributed by atoms with Crippen LogP contribution in [0, 0.1) is 21.7 Å². The Hall–Kier alpha value is -2.07. The second-order valence-electron chi connectivity index (χ2n) is 3.95. The lowest BCUT2D eigenvalue weighted by atomic mass is 10.3. The number of rotatable bonds is 4. The van der Waals surface area contributed by atoms with E-state index in [1.165, 1.54) is 0 Å². The molecule has 2 rings (SSSR count). The number of ether oxygens (including phenoxy) is 1. The second-order valence-corrected chi connectivity index (χ2v) is 7.20. The summed E-state index contributed by atoms with van der Waals surface area (Å²) in [7, 11) is -3.65. The SMILES string of the molecule is CS(=O)(=O)c1cc([N+](=O)[O-])c(Oc2ccc(F)c(F)c2)s1. The number of hydrogen-bond donors (Lipinski definition) is 0. The molecule has 1 aromatic carbocycles. The highest BCUT2D eigenvalue weighted by atomic mass is 32.2. The van der Waals surface area contributed by atoms with Gasteiger partial charge in [0, 0.05) is 18.4 Å². The van der Waals surface area contributed by atoms with Gasteiger partial charge < -0.3 is 4.74 Å². The first-order valence-electron chi connectivity index (χ1n) is 5.29. The number of sulfone groups is 1. The Bertz CT molecular complexity index is 816. The summed E-state index contributed by atoms with van der Waals surface area (Å²) in [6, 6.07) is 3.43. The molecule has 0 aliphatic rings. The molecule has 10 heteroatoms. The van der Waals surface area contributed by atoms with E-state index in [0.717, 1.165) is 24.5 Å². The molecule has 0 unspecified atom stereocenters. The molecule has 0 saturated heterocycles. The van der Waals surface area contributed by atoms with Crippen molar-refractivity contribution >= 4 is 26.9 Å². The van der Waals surface area contributed by atoms with Gasteiger partial charge >= 0.3 is 5.69 Å². The quantitative estimate of drug-likeness (QED) is 0.633. The summed E-state index contributed by atoms with van der Waals surface area (Å²) in [4.78, 5) is 10.1. The molecule has 0 aliphatic heterocycles. The van der Waals surface area contributed by atoms with Gasteiger partial charge in [0.2, 0.25) is 0 Å². The van der Waals surface area contributed by atoms with Gasteiger partial charge in [-0.2, -0.15) is 0 Å². The maximum Gasteiger partial charge on any atom is 0.324 e. The maximum absolute atomic E-state index is 13.1. The van der Waals surface area contributed by atoms with E-state index in [1.807, 2.05) is 0 Å². The minimum absolute atomic E-state index is 0.182. The van der Waals surface area contributed by atoms with E-state index < -0.39 is 32.1 Å². The summed E-state index contributed by atoms with van der Waals surface area (Å²) in [5.74, 6) is -2.46. The van der Waals surface area contributed by atoms with Crippen molar-refractivity contribution in [1.82, 2.24) is 0 Å². The van der Waals surface area contributed by atoms with Gasteiger partial charge in [-0.3, -0.25) is 10.1 Å². The molecule has 1 heterocycles. The van der Waals surface area contributed by atoms with E-state index >= 15 is 0 Å². The van der Waals surface area contributed by atoms with Gasteiger partial charge in [0.1, 0.15) is 9.96 Å². The molecule has 112 valence electrons. The average Bonchev–Trinajstić information content (AvgIpc) is 2.78. The molecule has 2 aromatic rings. The molecule has 0 aliphatic carbocycles. The van der Waals surface area contributed by atoms with E-state index in [4.69, 9.17) is 4.74 Å². The minimum atomic E-state index is -3.65. The first-order chi connectivity index (χ1) is 9.68. The Morgan fingerprint density at radius 1 is 1.24 bits per heavy atom. The summed E-state index contributed by atoms with van der Waals surface area (Å²) in [6.07, 6.45) is 0.893. The lowest BCUT2D eigenvalue weighted by Gasteiger charge is -2.02. The van der Waals surface area contributed by atoms with Gasteiger partial charge in [-0.15, -0.1) is 0 Å². The van der Waals surface area contributed by atoms with Gasteiger partial charge in [0.05, 0.1) is 4.92 Å². The zero-order chi connectivity index (χ0) is 15.8. The van der Waals surface area contributed by atoms with E-state index in [0.29, 0.717) is 17.4 Å². The fraction of sp³-hybridized carbons (Fsp3) is 0.0909. The molecule has 0 fully saturated rings. The standard InChI is InChI=1S/C11H7F2NO5S2/c1-21(17,18)10-5-9(14(15)16)11(20-10)19-6-2-3-7(12)8(13)4-6/h2-5H,1H3. The Morgan fingerprint density at radius 3 is 2.43 bits per heavy atom. The van der Waals surface area contributed by atoms with Gasteiger partial charge in [-0.1, -0.05) is 11.3 Å². The maximum atomic E-state index is 13.1. The van der Waals surface area contributed by atoms with Crippen LogP contribution in [-0.4, -0.2) is 19.6 Å². The second kappa shape index (κ2) is 5.37. The minimum Gasteiger partial charge on any atom is -0.440 e. The normalized spacial score (nSPS) is 11.4. The predicted molar refractivity (Wildman–Crippen MR) is 70.5 cm³/mol. The van der Waals surface area contributed by atoms with Crippen LogP contribution in [0.15, 0.2) is 28.5 Å². The van der Waals surface area contributed by atoms with Crippen molar-refractivity contribution in [3.05, 3.63) is 46.0 Å². The summed E-state index contributed by atoms with van der Waals surface area (Å²) in [6.45, 7) is 0. The van der Waals surface area contributed by atoms with Gasteiger partial charge in [-0.25, -0.2) is 17.2 Å².